The van der Waals surface area contributed by atoms with E-state index in [1.807, 2.05) is 13.8 Å². The monoisotopic (exact) mass is 321 g/mol. The van der Waals surface area contributed by atoms with Gasteiger partial charge in [-0.2, -0.15) is 9.48 Å². The van der Waals surface area contributed by atoms with Crippen LogP contribution in [0.1, 0.15) is 13.8 Å². The van der Waals surface area contributed by atoms with Gasteiger partial charge in [-0.3, -0.25) is 9.59 Å². The SMILES string of the molecule is CCN(CC)C(=O)CN1C(=O)C2C(OC)=CC=NC2=[N+](C)C1=O. The van der Waals surface area contributed by atoms with Gasteiger partial charge >= 0.3 is 11.9 Å². The van der Waals surface area contributed by atoms with Crippen LogP contribution in [0.5, 0.6) is 0 Å². The molecule has 0 radical (unpaired) electrons. The number of ether oxygens (including phenoxy) is 1. The minimum Gasteiger partial charge on any atom is -0.499 e. The Bertz CT molecular complexity index is 631. The molecule has 8 nitrogen and oxygen atoms in total. The van der Waals surface area contributed by atoms with Gasteiger partial charge in [-0.15, -0.1) is 4.99 Å². The number of carbonyl (C=O) groups excluding carboxylic acids is 3. The number of urea groups is 1. The first kappa shape index (κ1) is 16.9. The molecule has 8 heteroatoms. The number of imide groups is 1. The van der Waals surface area contributed by atoms with Gasteiger partial charge in [0.05, 0.1) is 14.2 Å². The highest BCUT2D eigenvalue weighted by Gasteiger charge is 2.50. The van der Waals surface area contributed by atoms with Crippen molar-refractivity contribution in [3.8, 4) is 0 Å². The molecule has 0 aromatic heterocycles. The topological polar surface area (TPSA) is 82.3 Å². The van der Waals surface area contributed by atoms with E-state index in [1.165, 1.54) is 24.9 Å². The second-order valence-corrected chi connectivity index (χ2v) is 5.17. The number of likely N-dealkylation sites (N-methyl/N-ethyl adjacent to an activating group) is 1. The summed E-state index contributed by atoms with van der Waals surface area (Å²) in [4.78, 5) is 44.0. The third-order valence-corrected chi connectivity index (χ3v) is 4.01. The van der Waals surface area contributed by atoms with Crippen LogP contribution in [0.3, 0.4) is 0 Å². The maximum Gasteiger partial charge on any atom is 0.446 e. The Morgan fingerprint density at radius 3 is 2.61 bits per heavy atom. The summed E-state index contributed by atoms with van der Waals surface area (Å²) in [6.45, 7) is 4.46. The van der Waals surface area contributed by atoms with E-state index in [0.29, 0.717) is 24.7 Å². The van der Waals surface area contributed by atoms with E-state index >= 15 is 0 Å². The van der Waals surface area contributed by atoms with Gasteiger partial charge < -0.3 is 9.64 Å². The molecule has 2 rings (SSSR count). The summed E-state index contributed by atoms with van der Waals surface area (Å²) in [6, 6.07) is -0.559. The molecular formula is C15H21N4O4+. The van der Waals surface area contributed by atoms with Gasteiger partial charge in [0.25, 0.3) is 11.7 Å². The van der Waals surface area contributed by atoms with Crippen molar-refractivity contribution >= 4 is 29.9 Å². The number of hydrogen-bond donors (Lipinski definition) is 0. The predicted octanol–water partition coefficient (Wildman–Crippen LogP) is 0.0887. The fraction of sp³-hybridized carbons (Fsp3) is 0.533. The van der Waals surface area contributed by atoms with Crippen LogP contribution in [0.15, 0.2) is 16.8 Å². The molecule has 2 aliphatic heterocycles. The smallest absolute Gasteiger partial charge is 0.446 e. The van der Waals surface area contributed by atoms with Crippen LogP contribution in [0.2, 0.25) is 0 Å². The minimum atomic E-state index is -0.794. The summed E-state index contributed by atoms with van der Waals surface area (Å²) in [5.74, 6) is -0.841. The van der Waals surface area contributed by atoms with Gasteiger partial charge in [0.2, 0.25) is 0 Å². The van der Waals surface area contributed by atoms with Crippen molar-refractivity contribution < 1.29 is 23.7 Å². The van der Waals surface area contributed by atoms with Crippen LogP contribution in [0.25, 0.3) is 0 Å². The number of carbonyl (C=O) groups is 3. The number of amidine groups is 1. The Hall–Kier alpha value is -2.51. The van der Waals surface area contributed by atoms with Gasteiger partial charge in [-0.05, 0) is 13.8 Å². The Morgan fingerprint density at radius 1 is 1.39 bits per heavy atom. The first-order chi connectivity index (χ1) is 11.0. The first-order valence-corrected chi connectivity index (χ1v) is 7.48. The molecule has 1 unspecified atom stereocenters. The fourth-order valence-electron chi connectivity index (χ4n) is 2.67. The summed E-state index contributed by atoms with van der Waals surface area (Å²) in [5.41, 5.74) is 0. The normalized spacial score (nSPS) is 20.4. The molecule has 0 saturated heterocycles. The lowest BCUT2D eigenvalue weighted by molar-refractivity contribution is -0.408. The zero-order valence-corrected chi connectivity index (χ0v) is 13.8. The third kappa shape index (κ3) is 2.88. The Morgan fingerprint density at radius 2 is 2.04 bits per heavy atom. The molecule has 23 heavy (non-hydrogen) atoms. The summed E-state index contributed by atoms with van der Waals surface area (Å²) in [7, 11) is 2.99. The molecule has 1 atom stereocenters. The highest BCUT2D eigenvalue weighted by atomic mass is 16.5. The van der Waals surface area contributed by atoms with Crippen molar-refractivity contribution in [2.75, 3.05) is 33.8 Å². The molecule has 0 spiro atoms. The average molecular weight is 321 g/mol. The van der Waals surface area contributed by atoms with Crippen LogP contribution < -0.4 is 0 Å². The molecule has 0 aliphatic carbocycles. The molecule has 0 fully saturated rings. The Labute approximate surface area is 134 Å². The molecule has 0 saturated carbocycles. The molecule has 124 valence electrons. The van der Waals surface area contributed by atoms with Crippen LogP contribution in [0.4, 0.5) is 4.79 Å². The van der Waals surface area contributed by atoms with E-state index in [9.17, 15) is 14.4 Å². The van der Waals surface area contributed by atoms with Crippen LogP contribution in [-0.2, 0) is 14.3 Å². The molecule has 0 aromatic carbocycles. The molecular weight excluding hydrogens is 300 g/mol. The summed E-state index contributed by atoms with van der Waals surface area (Å²) in [6.07, 6.45) is 3.07. The fourth-order valence-corrected chi connectivity index (χ4v) is 2.67. The van der Waals surface area contributed by atoms with Crippen molar-refractivity contribution in [2.24, 2.45) is 10.9 Å². The first-order valence-electron chi connectivity index (χ1n) is 7.48. The zero-order chi connectivity index (χ0) is 17.1. The summed E-state index contributed by atoms with van der Waals surface area (Å²) in [5, 5.41) is 0. The van der Waals surface area contributed by atoms with Gasteiger partial charge in [-0.25, -0.2) is 4.79 Å². The second kappa shape index (κ2) is 6.72. The largest absolute Gasteiger partial charge is 0.499 e. The van der Waals surface area contributed by atoms with Gasteiger partial charge in [-0.1, -0.05) is 0 Å². The van der Waals surface area contributed by atoms with Crippen molar-refractivity contribution in [3.63, 3.8) is 0 Å². The molecule has 4 amide bonds. The summed E-state index contributed by atoms with van der Waals surface area (Å²) < 4.78 is 6.51. The van der Waals surface area contributed by atoms with E-state index < -0.39 is 17.9 Å². The van der Waals surface area contributed by atoms with Crippen molar-refractivity contribution in [2.45, 2.75) is 13.8 Å². The highest BCUT2D eigenvalue weighted by Crippen LogP contribution is 2.24. The standard InChI is InChI=1S/C15H21N4O4/c1-5-18(6-2)11(20)9-19-14(21)12-10(23-4)7-8-16-13(12)17(3)15(19)22/h7-8,12H,5-6,9H2,1-4H3/q+1. The number of methoxy groups -OCH3 is 1. The maximum atomic E-state index is 12.7. The van der Waals surface area contributed by atoms with Crippen LogP contribution >= 0.6 is 0 Å². The molecule has 0 bridgehead atoms. The number of amides is 4. The lowest BCUT2D eigenvalue weighted by Crippen LogP contribution is -2.57. The van der Waals surface area contributed by atoms with Crippen molar-refractivity contribution in [1.29, 1.82) is 0 Å². The second-order valence-electron chi connectivity index (χ2n) is 5.17. The number of rotatable bonds is 5. The molecule has 0 N–H and O–H groups in total. The van der Waals surface area contributed by atoms with E-state index in [4.69, 9.17) is 4.74 Å². The number of allylic oxidation sites excluding steroid dienone is 1. The highest BCUT2D eigenvalue weighted by molar-refractivity contribution is 6.16. The quantitative estimate of drug-likeness (QED) is 0.672. The minimum absolute atomic E-state index is 0.268. The maximum absolute atomic E-state index is 12.7. The van der Waals surface area contributed by atoms with Gasteiger partial charge in [0, 0.05) is 19.2 Å². The lowest BCUT2D eigenvalue weighted by atomic mass is 9.99. The Balaban J connectivity index is 2.34. The average Bonchev–Trinajstić information content (AvgIpc) is 2.57. The van der Waals surface area contributed by atoms with E-state index in [-0.39, 0.29) is 12.5 Å². The number of aliphatic imine (C=N–C) groups is 1. The number of fused-ring (bicyclic) bond motifs is 1. The zero-order valence-electron chi connectivity index (χ0n) is 13.8. The van der Waals surface area contributed by atoms with E-state index in [2.05, 4.69) is 4.99 Å². The number of hydrogen-bond acceptors (Lipinski definition) is 5. The summed E-state index contributed by atoms with van der Waals surface area (Å²) >= 11 is 0. The lowest BCUT2D eigenvalue weighted by Gasteiger charge is -2.28. The van der Waals surface area contributed by atoms with Gasteiger partial charge in [0.15, 0.2) is 12.5 Å². The van der Waals surface area contributed by atoms with E-state index in [0.717, 1.165) is 4.90 Å². The van der Waals surface area contributed by atoms with Crippen molar-refractivity contribution in [3.05, 3.63) is 11.8 Å². The third-order valence-electron chi connectivity index (χ3n) is 4.01. The number of nitrogens with zero attached hydrogens (tertiary/aromatic N) is 4. The van der Waals surface area contributed by atoms with Crippen LogP contribution in [0, 0.1) is 5.92 Å². The van der Waals surface area contributed by atoms with Crippen LogP contribution in [-0.4, -0.2) is 78.1 Å². The predicted molar refractivity (Wildman–Crippen MR) is 83.3 cm³/mol. The van der Waals surface area contributed by atoms with E-state index in [1.54, 1.807) is 11.0 Å². The molecule has 0 aromatic rings. The van der Waals surface area contributed by atoms with Gasteiger partial charge in [0.1, 0.15) is 12.0 Å². The Kier molecular flexibility index (Phi) is 4.92. The molecule has 2 heterocycles. The number of dihydropyridines is 1. The molecule has 2 aliphatic rings. The van der Waals surface area contributed by atoms with Crippen molar-refractivity contribution in [1.82, 2.24) is 9.80 Å².